The van der Waals surface area contributed by atoms with Crippen molar-refractivity contribution < 1.29 is 18.1 Å². The van der Waals surface area contributed by atoms with Gasteiger partial charge in [-0.15, -0.1) is 10.2 Å². The molecule has 0 atom stereocenters. The van der Waals surface area contributed by atoms with E-state index in [1.165, 1.54) is 27.8 Å². The summed E-state index contributed by atoms with van der Waals surface area (Å²) in [6.07, 6.45) is 0. The zero-order valence-corrected chi connectivity index (χ0v) is 18.6. The summed E-state index contributed by atoms with van der Waals surface area (Å²) in [5, 5.41) is 23.5. The van der Waals surface area contributed by atoms with Crippen LogP contribution in [0.25, 0.3) is 0 Å². The zero-order chi connectivity index (χ0) is 21.2. The fraction of sp³-hybridized carbons (Fsp3) is 0.500. The Labute approximate surface area is 176 Å². The lowest BCUT2D eigenvalue weighted by atomic mass is 10.1. The van der Waals surface area contributed by atoms with Crippen LogP contribution >= 0.6 is 23.1 Å². The molecule has 0 saturated carbocycles. The third kappa shape index (κ3) is 5.42. The predicted molar refractivity (Wildman–Crippen MR) is 110 cm³/mol. The largest absolute Gasteiger partial charge is 0.379 e. The summed E-state index contributed by atoms with van der Waals surface area (Å²) >= 11 is 2.35. The molecule has 3 rings (SSSR count). The number of ether oxygens (including phenoxy) is 1. The maximum atomic E-state index is 12.8. The molecule has 0 bridgehead atoms. The van der Waals surface area contributed by atoms with E-state index in [0.29, 0.717) is 27.6 Å². The summed E-state index contributed by atoms with van der Waals surface area (Å²) in [5.41, 5.74) is -0.479. The summed E-state index contributed by atoms with van der Waals surface area (Å²) in [6.45, 7) is 7.01. The summed E-state index contributed by atoms with van der Waals surface area (Å²) in [5.74, 6) is 0. The first-order chi connectivity index (χ1) is 13.6. The Bertz CT molecular complexity index is 997. The van der Waals surface area contributed by atoms with Crippen LogP contribution in [0.1, 0.15) is 20.8 Å². The molecule has 1 aliphatic rings. The summed E-state index contributed by atoms with van der Waals surface area (Å²) in [6, 6.07) is 3.92. The van der Waals surface area contributed by atoms with Crippen LogP contribution in [0, 0.1) is 10.1 Å². The number of aromatic nitrogens is 2. The fourth-order valence-corrected chi connectivity index (χ4v) is 5.97. The molecule has 0 spiro atoms. The Morgan fingerprint density at radius 1 is 1.28 bits per heavy atom. The topological polar surface area (TPSA) is 128 Å². The lowest BCUT2D eigenvalue weighted by molar-refractivity contribution is -0.388. The van der Waals surface area contributed by atoms with Gasteiger partial charge in [-0.1, -0.05) is 11.3 Å². The van der Waals surface area contributed by atoms with E-state index in [4.69, 9.17) is 4.74 Å². The summed E-state index contributed by atoms with van der Waals surface area (Å²) in [4.78, 5) is 11.2. The van der Waals surface area contributed by atoms with E-state index in [-0.39, 0.29) is 29.2 Å². The number of nitrogens with one attached hydrogen (secondary N) is 1. The zero-order valence-electron chi connectivity index (χ0n) is 16.1. The number of morpholine rings is 1. The molecule has 13 heteroatoms. The van der Waals surface area contributed by atoms with Crippen molar-refractivity contribution in [3.63, 3.8) is 0 Å². The molecule has 1 fully saturated rings. The highest BCUT2D eigenvalue weighted by Crippen LogP contribution is 2.39. The number of benzene rings is 1. The molecule has 1 aromatic carbocycles. The van der Waals surface area contributed by atoms with E-state index in [2.05, 4.69) is 15.5 Å². The first-order valence-corrected chi connectivity index (χ1v) is 11.8. The van der Waals surface area contributed by atoms with Crippen LogP contribution in [0.15, 0.2) is 32.3 Å². The van der Waals surface area contributed by atoms with Gasteiger partial charge in [0, 0.05) is 24.7 Å². The maximum Gasteiger partial charge on any atom is 0.284 e. The Hall–Kier alpha value is -1.80. The molecular weight excluding hydrogens is 438 g/mol. The average Bonchev–Trinajstić information content (AvgIpc) is 3.07. The van der Waals surface area contributed by atoms with E-state index >= 15 is 0 Å². The van der Waals surface area contributed by atoms with Crippen molar-refractivity contribution in [3.05, 3.63) is 28.3 Å². The molecule has 0 amide bonds. The van der Waals surface area contributed by atoms with Crippen LogP contribution < -0.4 is 5.32 Å². The maximum absolute atomic E-state index is 12.8. The van der Waals surface area contributed by atoms with Gasteiger partial charge in [-0.3, -0.25) is 10.1 Å². The van der Waals surface area contributed by atoms with Crippen molar-refractivity contribution in [3.8, 4) is 0 Å². The SMILES string of the molecule is CC(C)(C)Nc1nnc(Sc2ccc(S(=O)(=O)N3CCOCC3)cc2[N+](=O)[O-])s1. The third-order valence-electron chi connectivity index (χ3n) is 3.82. The Morgan fingerprint density at radius 3 is 2.59 bits per heavy atom. The quantitative estimate of drug-likeness (QED) is 0.512. The third-order valence-corrected chi connectivity index (χ3v) is 7.67. The van der Waals surface area contributed by atoms with Gasteiger partial charge in [-0.2, -0.15) is 4.31 Å². The Balaban J connectivity index is 1.86. The molecule has 0 radical (unpaired) electrons. The highest BCUT2D eigenvalue weighted by atomic mass is 32.2. The van der Waals surface area contributed by atoms with E-state index in [9.17, 15) is 18.5 Å². The first kappa shape index (κ1) is 21.9. The monoisotopic (exact) mass is 459 g/mol. The molecule has 0 aliphatic carbocycles. The predicted octanol–water partition coefficient (Wildman–Crippen LogP) is 2.83. The smallest absolute Gasteiger partial charge is 0.284 e. The number of anilines is 1. The highest BCUT2D eigenvalue weighted by molar-refractivity contribution is 8.01. The number of rotatable bonds is 6. The second-order valence-corrected chi connectivity index (χ2v) is 11.5. The number of nitrogens with zero attached hydrogens (tertiary/aromatic N) is 4. The van der Waals surface area contributed by atoms with E-state index in [1.54, 1.807) is 0 Å². The molecule has 158 valence electrons. The molecule has 2 aromatic rings. The van der Waals surface area contributed by atoms with Gasteiger partial charge >= 0.3 is 0 Å². The molecule has 1 saturated heterocycles. The van der Waals surface area contributed by atoms with E-state index < -0.39 is 14.9 Å². The molecule has 1 aromatic heterocycles. The molecular formula is C16H21N5O5S3. The van der Waals surface area contributed by atoms with Gasteiger partial charge in [0.15, 0.2) is 4.34 Å². The van der Waals surface area contributed by atoms with Crippen LogP contribution in [-0.4, -0.2) is 59.7 Å². The Kier molecular flexibility index (Phi) is 6.43. The number of nitro benzene ring substituents is 1. The van der Waals surface area contributed by atoms with Gasteiger partial charge in [0.05, 0.1) is 27.9 Å². The van der Waals surface area contributed by atoms with Gasteiger partial charge in [0.25, 0.3) is 5.69 Å². The first-order valence-electron chi connectivity index (χ1n) is 8.72. The van der Waals surface area contributed by atoms with Crippen LogP contribution in [0.2, 0.25) is 0 Å². The van der Waals surface area contributed by atoms with Crippen LogP contribution in [0.4, 0.5) is 10.8 Å². The van der Waals surface area contributed by atoms with Crippen molar-refractivity contribution >= 4 is 43.9 Å². The second kappa shape index (κ2) is 8.52. The normalized spacial score (nSPS) is 16.0. The minimum atomic E-state index is -3.82. The van der Waals surface area contributed by atoms with Crippen molar-refractivity contribution in [2.75, 3.05) is 31.6 Å². The van der Waals surface area contributed by atoms with Gasteiger partial charge in [0.1, 0.15) is 0 Å². The summed E-state index contributed by atoms with van der Waals surface area (Å²) < 4.78 is 32.5. The number of hydrogen-bond donors (Lipinski definition) is 1. The van der Waals surface area contributed by atoms with Crippen molar-refractivity contribution in [1.29, 1.82) is 0 Å². The van der Waals surface area contributed by atoms with E-state index in [0.717, 1.165) is 17.8 Å². The van der Waals surface area contributed by atoms with Crippen molar-refractivity contribution in [2.24, 2.45) is 0 Å². The van der Waals surface area contributed by atoms with Gasteiger partial charge in [-0.25, -0.2) is 8.42 Å². The molecule has 29 heavy (non-hydrogen) atoms. The lowest BCUT2D eigenvalue weighted by Gasteiger charge is -2.26. The fourth-order valence-electron chi connectivity index (χ4n) is 2.54. The van der Waals surface area contributed by atoms with Crippen LogP contribution in [-0.2, 0) is 14.8 Å². The molecule has 0 unspecified atom stereocenters. The number of nitro groups is 1. The van der Waals surface area contributed by atoms with Crippen LogP contribution in [0.3, 0.4) is 0 Å². The van der Waals surface area contributed by atoms with Gasteiger partial charge in [-0.05, 0) is 44.7 Å². The number of hydrogen-bond acceptors (Lipinski definition) is 10. The van der Waals surface area contributed by atoms with Crippen molar-refractivity contribution in [2.45, 2.75) is 40.4 Å². The van der Waals surface area contributed by atoms with Gasteiger partial charge < -0.3 is 10.1 Å². The standard InChI is InChI=1S/C16H21N5O5S3/c1-16(2,3)17-14-18-19-15(28-14)27-13-5-4-11(10-12(13)21(22)23)29(24,25)20-6-8-26-9-7-20/h4-5,10H,6-9H2,1-3H3,(H,17,18). The molecule has 2 heterocycles. The minimum absolute atomic E-state index is 0.109. The highest BCUT2D eigenvalue weighted by Gasteiger charge is 2.29. The van der Waals surface area contributed by atoms with E-state index in [1.807, 2.05) is 20.8 Å². The van der Waals surface area contributed by atoms with Crippen molar-refractivity contribution in [1.82, 2.24) is 14.5 Å². The Morgan fingerprint density at radius 2 is 1.97 bits per heavy atom. The number of sulfonamides is 1. The molecule has 10 nitrogen and oxygen atoms in total. The average molecular weight is 460 g/mol. The minimum Gasteiger partial charge on any atom is -0.379 e. The van der Waals surface area contributed by atoms with Gasteiger partial charge in [0.2, 0.25) is 15.2 Å². The molecule has 1 aliphatic heterocycles. The molecule has 1 N–H and O–H groups in total. The lowest BCUT2D eigenvalue weighted by Crippen LogP contribution is -2.40. The van der Waals surface area contributed by atoms with Crippen LogP contribution in [0.5, 0.6) is 0 Å². The second-order valence-electron chi connectivity index (χ2n) is 7.25. The summed E-state index contributed by atoms with van der Waals surface area (Å²) in [7, 11) is -3.82.